The fourth-order valence-corrected chi connectivity index (χ4v) is 1.87. The summed E-state index contributed by atoms with van der Waals surface area (Å²) in [5.74, 6) is 4.86. The first-order chi connectivity index (χ1) is 9.45. The van der Waals surface area contributed by atoms with E-state index in [4.69, 9.17) is 5.84 Å². The number of nitrogens with two attached hydrogens (primary N) is 1. The Morgan fingerprint density at radius 3 is 2.65 bits per heavy atom. The molecule has 0 aliphatic carbocycles. The van der Waals surface area contributed by atoms with Crippen molar-refractivity contribution in [3.05, 3.63) is 16.0 Å². The highest BCUT2D eigenvalue weighted by atomic mass is 32.2. The third kappa shape index (κ3) is 4.53. The Balaban J connectivity index is 2.48. The topological polar surface area (TPSA) is 132 Å². The molecule has 10 heteroatoms. The molecular formula is C10H16N6O3S. The summed E-state index contributed by atoms with van der Waals surface area (Å²) in [6.45, 7) is 3.68. The highest BCUT2D eigenvalue weighted by Crippen LogP contribution is 2.10. The van der Waals surface area contributed by atoms with Crippen molar-refractivity contribution >= 4 is 23.6 Å². The molecule has 9 nitrogen and oxygen atoms in total. The number of rotatable bonds is 6. The Morgan fingerprint density at radius 1 is 1.30 bits per heavy atom. The van der Waals surface area contributed by atoms with Crippen molar-refractivity contribution in [2.75, 3.05) is 24.7 Å². The van der Waals surface area contributed by atoms with Crippen molar-refractivity contribution in [3.8, 4) is 0 Å². The lowest BCUT2D eigenvalue weighted by atomic mass is 10.5. The molecule has 0 atom stereocenters. The average Bonchev–Trinajstić information content (AvgIpc) is 2.42. The van der Waals surface area contributed by atoms with Crippen LogP contribution in [0.3, 0.4) is 0 Å². The molecule has 0 radical (unpaired) electrons. The van der Waals surface area contributed by atoms with E-state index >= 15 is 0 Å². The number of nitrogen functional groups attached to an aromatic ring is 1. The van der Waals surface area contributed by atoms with E-state index in [1.165, 1.54) is 6.92 Å². The van der Waals surface area contributed by atoms with Crippen LogP contribution < -0.4 is 22.0 Å². The first-order valence-electron chi connectivity index (χ1n) is 5.83. The highest BCUT2D eigenvalue weighted by Gasteiger charge is 2.10. The van der Waals surface area contributed by atoms with E-state index < -0.39 is 5.56 Å². The minimum atomic E-state index is -0.467. The number of carbonyl (C=O) groups excluding carboxylic acids is 2. The zero-order chi connectivity index (χ0) is 15.1. The van der Waals surface area contributed by atoms with Gasteiger partial charge in [-0.2, -0.15) is 4.68 Å². The van der Waals surface area contributed by atoms with Crippen LogP contribution in [-0.4, -0.2) is 45.5 Å². The zero-order valence-electron chi connectivity index (χ0n) is 11.2. The van der Waals surface area contributed by atoms with Crippen LogP contribution in [0, 0.1) is 6.92 Å². The van der Waals surface area contributed by atoms with E-state index in [1.54, 1.807) is 6.92 Å². The van der Waals surface area contributed by atoms with E-state index in [0.29, 0.717) is 6.54 Å². The van der Waals surface area contributed by atoms with Crippen molar-refractivity contribution in [3.63, 3.8) is 0 Å². The molecule has 0 saturated carbocycles. The Labute approximate surface area is 119 Å². The summed E-state index contributed by atoms with van der Waals surface area (Å²) >= 11 is 0.964. The van der Waals surface area contributed by atoms with Crippen molar-refractivity contribution in [1.82, 2.24) is 25.5 Å². The number of nitrogens with one attached hydrogen (secondary N) is 2. The van der Waals surface area contributed by atoms with Crippen LogP contribution in [-0.2, 0) is 9.59 Å². The minimum absolute atomic E-state index is 0.0201. The number of nitrogens with zero attached hydrogens (tertiary/aromatic N) is 3. The van der Waals surface area contributed by atoms with Gasteiger partial charge in [-0.25, -0.2) is 0 Å². The SMILES string of the molecule is CCNC(=O)CNC(=O)CSc1nnc(C)c(=O)n1N. The van der Waals surface area contributed by atoms with E-state index in [1.807, 2.05) is 0 Å². The fraction of sp³-hybridized carbons (Fsp3) is 0.500. The number of carbonyl (C=O) groups is 2. The minimum Gasteiger partial charge on any atom is -0.355 e. The standard InChI is InChI=1S/C10H16N6O3S/c1-3-12-7(17)4-13-8(18)5-20-10-15-14-6(2)9(19)16(10)11/h3-5,11H2,1-2H3,(H,12,17)(H,13,18). The van der Waals surface area contributed by atoms with Crippen LogP contribution in [0.5, 0.6) is 0 Å². The molecule has 4 N–H and O–H groups in total. The number of hydrogen-bond donors (Lipinski definition) is 3. The molecule has 0 unspecified atom stereocenters. The van der Waals surface area contributed by atoms with Crippen molar-refractivity contribution in [1.29, 1.82) is 0 Å². The molecule has 2 amide bonds. The third-order valence-electron chi connectivity index (χ3n) is 2.17. The molecule has 110 valence electrons. The van der Waals surface area contributed by atoms with Gasteiger partial charge in [0.25, 0.3) is 5.56 Å². The summed E-state index contributed by atoms with van der Waals surface area (Å²) < 4.78 is 0.837. The maximum absolute atomic E-state index is 11.5. The van der Waals surface area contributed by atoms with Gasteiger partial charge >= 0.3 is 0 Å². The predicted molar refractivity (Wildman–Crippen MR) is 73.6 cm³/mol. The first kappa shape index (κ1) is 16.0. The Bertz CT molecular complexity index is 558. The Hall–Kier alpha value is -2.10. The fourth-order valence-electron chi connectivity index (χ4n) is 1.19. The van der Waals surface area contributed by atoms with Crippen LogP contribution >= 0.6 is 11.8 Å². The van der Waals surface area contributed by atoms with E-state index in [2.05, 4.69) is 20.8 Å². The van der Waals surface area contributed by atoms with Crippen LogP contribution in [0.15, 0.2) is 9.95 Å². The molecular weight excluding hydrogens is 284 g/mol. The van der Waals surface area contributed by atoms with E-state index in [-0.39, 0.29) is 35.0 Å². The Morgan fingerprint density at radius 2 is 2.00 bits per heavy atom. The average molecular weight is 300 g/mol. The third-order valence-corrected chi connectivity index (χ3v) is 3.12. The van der Waals surface area contributed by atoms with Gasteiger partial charge in [-0.15, -0.1) is 10.2 Å². The molecule has 20 heavy (non-hydrogen) atoms. The molecule has 0 spiro atoms. The summed E-state index contributed by atoms with van der Waals surface area (Å²) in [5.41, 5.74) is -0.289. The van der Waals surface area contributed by atoms with Gasteiger partial charge in [-0.3, -0.25) is 14.4 Å². The molecule has 1 aromatic heterocycles. The predicted octanol–water partition coefficient (Wildman–Crippen LogP) is -2.00. The number of thioether (sulfide) groups is 1. The van der Waals surface area contributed by atoms with Gasteiger partial charge in [-0.05, 0) is 13.8 Å². The molecule has 0 fully saturated rings. The maximum atomic E-state index is 11.5. The van der Waals surface area contributed by atoms with Gasteiger partial charge in [0.05, 0.1) is 12.3 Å². The summed E-state index contributed by atoms with van der Waals surface area (Å²) in [5, 5.41) is 12.5. The first-order valence-corrected chi connectivity index (χ1v) is 6.81. The number of aryl methyl sites for hydroxylation is 1. The number of likely N-dealkylation sites (N-methyl/N-ethyl adjacent to an activating group) is 1. The quantitative estimate of drug-likeness (QED) is 0.409. The summed E-state index contributed by atoms with van der Waals surface area (Å²) in [6.07, 6.45) is 0. The highest BCUT2D eigenvalue weighted by molar-refractivity contribution is 7.99. The number of amides is 2. The van der Waals surface area contributed by atoms with Gasteiger partial charge in [-0.1, -0.05) is 11.8 Å². The molecule has 0 bridgehead atoms. The molecule has 1 rings (SSSR count). The van der Waals surface area contributed by atoms with Crippen molar-refractivity contribution in [2.45, 2.75) is 19.0 Å². The summed E-state index contributed by atoms with van der Waals surface area (Å²) in [6, 6.07) is 0. The number of hydrogen-bond acceptors (Lipinski definition) is 7. The van der Waals surface area contributed by atoms with Crippen LogP contribution in [0.25, 0.3) is 0 Å². The largest absolute Gasteiger partial charge is 0.355 e. The zero-order valence-corrected chi connectivity index (χ0v) is 12.0. The van der Waals surface area contributed by atoms with E-state index in [9.17, 15) is 14.4 Å². The maximum Gasteiger partial charge on any atom is 0.294 e. The summed E-state index contributed by atoms with van der Waals surface area (Å²) in [7, 11) is 0. The lowest BCUT2D eigenvalue weighted by Crippen LogP contribution is -2.37. The van der Waals surface area contributed by atoms with Crippen molar-refractivity contribution < 1.29 is 9.59 Å². The van der Waals surface area contributed by atoms with E-state index in [0.717, 1.165) is 16.4 Å². The Kier molecular flexibility index (Phi) is 5.97. The second-order valence-electron chi connectivity index (χ2n) is 3.76. The second-order valence-corrected chi connectivity index (χ2v) is 4.70. The van der Waals surface area contributed by atoms with Gasteiger partial charge in [0, 0.05) is 6.54 Å². The normalized spacial score (nSPS) is 10.1. The van der Waals surface area contributed by atoms with Crippen LogP contribution in [0.2, 0.25) is 0 Å². The molecule has 1 aromatic rings. The van der Waals surface area contributed by atoms with Gasteiger partial charge in [0.15, 0.2) is 0 Å². The van der Waals surface area contributed by atoms with Crippen LogP contribution in [0.1, 0.15) is 12.6 Å². The van der Waals surface area contributed by atoms with Gasteiger partial charge in [0.1, 0.15) is 5.69 Å². The molecule has 0 saturated heterocycles. The monoisotopic (exact) mass is 300 g/mol. The van der Waals surface area contributed by atoms with Gasteiger partial charge < -0.3 is 16.5 Å². The van der Waals surface area contributed by atoms with Crippen molar-refractivity contribution in [2.24, 2.45) is 0 Å². The molecule has 0 aliphatic rings. The van der Waals surface area contributed by atoms with Gasteiger partial charge in [0.2, 0.25) is 17.0 Å². The molecule has 0 aliphatic heterocycles. The summed E-state index contributed by atoms with van der Waals surface area (Å²) in [4.78, 5) is 34.1. The number of aromatic nitrogens is 3. The lowest BCUT2D eigenvalue weighted by Gasteiger charge is -2.07. The van der Waals surface area contributed by atoms with Crippen LogP contribution in [0.4, 0.5) is 0 Å². The molecule has 0 aromatic carbocycles. The second kappa shape index (κ2) is 7.48. The molecule has 1 heterocycles. The lowest BCUT2D eigenvalue weighted by molar-refractivity contribution is -0.124. The smallest absolute Gasteiger partial charge is 0.294 e.